The van der Waals surface area contributed by atoms with Crippen LogP contribution in [0.3, 0.4) is 0 Å². The Labute approximate surface area is 123 Å². The van der Waals surface area contributed by atoms with Gasteiger partial charge in [0.05, 0.1) is 0 Å². The van der Waals surface area contributed by atoms with Gasteiger partial charge >= 0.3 is 0 Å². The van der Waals surface area contributed by atoms with Crippen LogP contribution in [0.25, 0.3) is 0 Å². The van der Waals surface area contributed by atoms with Crippen molar-refractivity contribution in [3.05, 3.63) is 35.9 Å². The van der Waals surface area contributed by atoms with E-state index in [0.717, 1.165) is 32.1 Å². The molecule has 0 unspecified atom stereocenters. The first kappa shape index (κ1) is 16.5. The Bertz CT molecular complexity index is 375. The summed E-state index contributed by atoms with van der Waals surface area (Å²) in [5.41, 5.74) is 1.35. The number of rotatable bonds is 8. The molecule has 0 heterocycles. The summed E-state index contributed by atoms with van der Waals surface area (Å²) in [6.07, 6.45) is 2.37. The van der Waals surface area contributed by atoms with Crippen LogP contribution in [0, 0.1) is 0 Å². The summed E-state index contributed by atoms with van der Waals surface area (Å²) in [5, 5.41) is 6.66. The van der Waals surface area contributed by atoms with Crippen molar-refractivity contribution in [2.24, 2.45) is 4.99 Å². The van der Waals surface area contributed by atoms with Gasteiger partial charge in [-0.05, 0) is 19.0 Å². The lowest BCUT2D eigenvalue weighted by molar-refractivity contribution is 0.331. The van der Waals surface area contributed by atoms with Crippen molar-refractivity contribution in [3.8, 4) is 0 Å². The Hall–Kier alpha value is -1.55. The lowest BCUT2D eigenvalue weighted by atomic mass is 10.2. The molecule has 0 amide bonds. The molecule has 1 rings (SSSR count). The molecule has 1 aromatic rings. The average Bonchev–Trinajstić information content (AvgIpc) is 2.47. The molecule has 0 aliphatic heterocycles. The van der Waals surface area contributed by atoms with Crippen molar-refractivity contribution in [1.29, 1.82) is 0 Å². The smallest absolute Gasteiger partial charge is 0.191 e. The first-order valence-electron chi connectivity index (χ1n) is 7.43. The molecule has 112 valence electrons. The lowest BCUT2D eigenvalue weighted by Gasteiger charge is -2.18. The van der Waals surface area contributed by atoms with Crippen molar-refractivity contribution >= 4 is 5.96 Å². The van der Waals surface area contributed by atoms with Crippen LogP contribution in [0.1, 0.15) is 25.3 Å². The summed E-state index contributed by atoms with van der Waals surface area (Å²) in [7, 11) is 3.96. The molecule has 0 atom stereocenters. The zero-order valence-electron chi connectivity index (χ0n) is 13.0. The minimum absolute atomic E-state index is 0.895. The standard InChI is InChI=1S/C16H28N4/c1-4-5-11-18-16(17-2)19-12-13-20(3)14-15-9-7-6-8-10-15/h6-10H,4-5,11-14H2,1-3H3,(H2,17,18,19). The number of guanidine groups is 1. The quantitative estimate of drug-likeness (QED) is 0.434. The molecular weight excluding hydrogens is 248 g/mol. The number of hydrogen-bond acceptors (Lipinski definition) is 2. The number of benzene rings is 1. The topological polar surface area (TPSA) is 39.7 Å². The van der Waals surface area contributed by atoms with Crippen LogP contribution in [0.4, 0.5) is 0 Å². The molecule has 2 N–H and O–H groups in total. The minimum atomic E-state index is 0.895. The molecule has 0 spiro atoms. The van der Waals surface area contributed by atoms with Gasteiger partial charge in [0.15, 0.2) is 5.96 Å². The molecule has 20 heavy (non-hydrogen) atoms. The van der Waals surface area contributed by atoms with Crippen LogP contribution in [0.5, 0.6) is 0 Å². The molecular formula is C16H28N4. The van der Waals surface area contributed by atoms with Crippen molar-refractivity contribution in [3.63, 3.8) is 0 Å². The van der Waals surface area contributed by atoms with Gasteiger partial charge in [0.25, 0.3) is 0 Å². The maximum atomic E-state index is 4.22. The van der Waals surface area contributed by atoms with E-state index in [-0.39, 0.29) is 0 Å². The van der Waals surface area contributed by atoms with Gasteiger partial charge in [-0.2, -0.15) is 0 Å². The Morgan fingerprint density at radius 1 is 1.15 bits per heavy atom. The molecule has 0 saturated carbocycles. The maximum absolute atomic E-state index is 4.22. The zero-order valence-corrected chi connectivity index (χ0v) is 13.0. The number of unbranched alkanes of at least 4 members (excludes halogenated alkanes) is 1. The van der Waals surface area contributed by atoms with E-state index in [9.17, 15) is 0 Å². The number of aliphatic imine (C=N–C) groups is 1. The van der Waals surface area contributed by atoms with Gasteiger partial charge in [-0.25, -0.2) is 0 Å². The SMILES string of the molecule is CCCCNC(=NC)NCCN(C)Cc1ccccc1. The van der Waals surface area contributed by atoms with Crippen LogP contribution in [-0.4, -0.2) is 44.6 Å². The van der Waals surface area contributed by atoms with E-state index >= 15 is 0 Å². The van der Waals surface area contributed by atoms with Gasteiger partial charge in [-0.3, -0.25) is 4.99 Å². The highest BCUT2D eigenvalue weighted by Gasteiger charge is 2.01. The third-order valence-corrected chi connectivity index (χ3v) is 3.13. The Balaban J connectivity index is 2.19. The largest absolute Gasteiger partial charge is 0.356 e. The minimum Gasteiger partial charge on any atom is -0.356 e. The maximum Gasteiger partial charge on any atom is 0.191 e. The van der Waals surface area contributed by atoms with Gasteiger partial charge in [0.1, 0.15) is 0 Å². The highest BCUT2D eigenvalue weighted by Crippen LogP contribution is 2.01. The lowest BCUT2D eigenvalue weighted by Crippen LogP contribution is -2.41. The Morgan fingerprint density at radius 2 is 1.85 bits per heavy atom. The molecule has 4 heteroatoms. The fourth-order valence-electron chi connectivity index (χ4n) is 1.94. The fourth-order valence-corrected chi connectivity index (χ4v) is 1.94. The highest BCUT2D eigenvalue weighted by molar-refractivity contribution is 5.79. The summed E-state index contributed by atoms with van der Waals surface area (Å²) in [5.74, 6) is 0.895. The molecule has 4 nitrogen and oxygen atoms in total. The molecule has 0 aliphatic rings. The van der Waals surface area contributed by atoms with E-state index in [4.69, 9.17) is 0 Å². The predicted molar refractivity (Wildman–Crippen MR) is 87.0 cm³/mol. The van der Waals surface area contributed by atoms with Crippen LogP contribution in [-0.2, 0) is 6.54 Å². The predicted octanol–water partition coefficient (Wildman–Crippen LogP) is 2.08. The molecule has 0 fully saturated rings. The molecule has 0 aromatic heterocycles. The Kier molecular flexibility index (Phi) is 8.47. The zero-order chi connectivity index (χ0) is 14.6. The van der Waals surface area contributed by atoms with Crippen LogP contribution >= 0.6 is 0 Å². The van der Waals surface area contributed by atoms with Crippen molar-refractivity contribution in [2.75, 3.05) is 33.7 Å². The number of likely N-dealkylation sites (N-methyl/N-ethyl adjacent to an activating group) is 1. The fraction of sp³-hybridized carbons (Fsp3) is 0.562. The summed E-state index contributed by atoms with van der Waals surface area (Å²) in [4.78, 5) is 6.52. The van der Waals surface area contributed by atoms with E-state index in [1.54, 1.807) is 0 Å². The van der Waals surface area contributed by atoms with Gasteiger partial charge in [-0.1, -0.05) is 43.7 Å². The monoisotopic (exact) mass is 276 g/mol. The van der Waals surface area contributed by atoms with E-state index in [0.29, 0.717) is 0 Å². The number of nitrogens with zero attached hydrogens (tertiary/aromatic N) is 2. The van der Waals surface area contributed by atoms with Crippen LogP contribution in [0.15, 0.2) is 35.3 Å². The van der Waals surface area contributed by atoms with Gasteiger partial charge < -0.3 is 15.5 Å². The van der Waals surface area contributed by atoms with Gasteiger partial charge in [-0.15, -0.1) is 0 Å². The third kappa shape index (κ3) is 7.14. The second-order valence-corrected chi connectivity index (χ2v) is 5.00. The van der Waals surface area contributed by atoms with E-state index in [2.05, 4.69) is 64.8 Å². The van der Waals surface area contributed by atoms with Gasteiger partial charge in [0.2, 0.25) is 0 Å². The van der Waals surface area contributed by atoms with E-state index in [1.807, 2.05) is 7.05 Å². The highest BCUT2D eigenvalue weighted by atomic mass is 15.2. The molecule has 1 aromatic carbocycles. The summed E-state index contributed by atoms with van der Waals surface area (Å²) in [6, 6.07) is 10.5. The summed E-state index contributed by atoms with van der Waals surface area (Å²) < 4.78 is 0. The normalized spacial score (nSPS) is 11.7. The second kappa shape index (κ2) is 10.3. The van der Waals surface area contributed by atoms with Crippen LogP contribution < -0.4 is 10.6 Å². The van der Waals surface area contributed by atoms with Crippen LogP contribution in [0.2, 0.25) is 0 Å². The van der Waals surface area contributed by atoms with Crippen molar-refractivity contribution < 1.29 is 0 Å². The number of hydrogen-bond donors (Lipinski definition) is 2. The third-order valence-electron chi connectivity index (χ3n) is 3.13. The Morgan fingerprint density at radius 3 is 2.50 bits per heavy atom. The van der Waals surface area contributed by atoms with Gasteiger partial charge in [0, 0.05) is 33.2 Å². The molecule has 0 saturated heterocycles. The first-order chi connectivity index (χ1) is 9.76. The first-order valence-corrected chi connectivity index (χ1v) is 7.43. The van der Waals surface area contributed by atoms with Crippen molar-refractivity contribution in [1.82, 2.24) is 15.5 Å². The van der Waals surface area contributed by atoms with Crippen molar-refractivity contribution in [2.45, 2.75) is 26.3 Å². The second-order valence-electron chi connectivity index (χ2n) is 5.00. The molecule has 0 aliphatic carbocycles. The average molecular weight is 276 g/mol. The number of nitrogens with one attached hydrogen (secondary N) is 2. The van der Waals surface area contributed by atoms with E-state index in [1.165, 1.54) is 18.4 Å². The molecule has 0 bridgehead atoms. The van der Waals surface area contributed by atoms with E-state index < -0.39 is 0 Å². The molecule has 0 radical (unpaired) electrons. The summed E-state index contributed by atoms with van der Waals surface area (Å²) in [6.45, 7) is 6.04. The summed E-state index contributed by atoms with van der Waals surface area (Å²) >= 11 is 0.